The van der Waals surface area contributed by atoms with Crippen LogP contribution in [-0.4, -0.2) is 12.0 Å². The van der Waals surface area contributed by atoms with E-state index >= 15 is 0 Å². The van der Waals surface area contributed by atoms with Gasteiger partial charge in [-0.05, 0) is 39.4 Å². The van der Waals surface area contributed by atoms with Crippen molar-refractivity contribution in [3.05, 3.63) is 28.2 Å². The van der Waals surface area contributed by atoms with E-state index in [0.717, 1.165) is 22.1 Å². The standard InChI is InChI=1S/C10H11BrOS/c1-2-13-10-4-3-8(5-6-12)7-9(10)11/h3-4,6-7H,2,5H2,1H3. The maximum atomic E-state index is 10.3. The Morgan fingerprint density at radius 2 is 2.31 bits per heavy atom. The smallest absolute Gasteiger partial charge is 0.124 e. The third-order valence-electron chi connectivity index (χ3n) is 1.62. The lowest BCUT2D eigenvalue weighted by molar-refractivity contribution is -0.107. The SMILES string of the molecule is CCSc1ccc(CC=O)cc1Br. The van der Waals surface area contributed by atoms with Gasteiger partial charge >= 0.3 is 0 Å². The van der Waals surface area contributed by atoms with Gasteiger partial charge in [0.2, 0.25) is 0 Å². The lowest BCUT2D eigenvalue weighted by Gasteiger charge is -2.03. The van der Waals surface area contributed by atoms with Crippen molar-refractivity contribution in [3.63, 3.8) is 0 Å². The molecule has 0 N–H and O–H groups in total. The van der Waals surface area contributed by atoms with Crippen molar-refractivity contribution >= 4 is 34.0 Å². The fourth-order valence-corrected chi connectivity index (χ4v) is 2.48. The van der Waals surface area contributed by atoms with Crippen LogP contribution in [0.5, 0.6) is 0 Å². The zero-order valence-corrected chi connectivity index (χ0v) is 9.82. The average molecular weight is 259 g/mol. The van der Waals surface area contributed by atoms with E-state index in [-0.39, 0.29) is 0 Å². The van der Waals surface area contributed by atoms with Crippen molar-refractivity contribution in [2.75, 3.05) is 5.75 Å². The molecule has 13 heavy (non-hydrogen) atoms. The molecule has 1 aromatic carbocycles. The number of carbonyl (C=O) groups excluding carboxylic acids is 1. The Labute approximate surface area is 91.0 Å². The number of aldehydes is 1. The molecular weight excluding hydrogens is 248 g/mol. The minimum Gasteiger partial charge on any atom is -0.303 e. The second-order valence-electron chi connectivity index (χ2n) is 2.57. The topological polar surface area (TPSA) is 17.1 Å². The fraction of sp³-hybridized carbons (Fsp3) is 0.300. The molecule has 0 aliphatic carbocycles. The van der Waals surface area contributed by atoms with Crippen molar-refractivity contribution in [1.29, 1.82) is 0 Å². The van der Waals surface area contributed by atoms with Gasteiger partial charge < -0.3 is 4.79 Å². The molecule has 0 unspecified atom stereocenters. The number of thioether (sulfide) groups is 1. The van der Waals surface area contributed by atoms with E-state index in [2.05, 4.69) is 28.9 Å². The van der Waals surface area contributed by atoms with E-state index in [0.29, 0.717) is 6.42 Å². The molecule has 70 valence electrons. The fourth-order valence-electron chi connectivity index (χ4n) is 1.04. The van der Waals surface area contributed by atoms with Gasteiger partial charge in [-0.15, -0.1) is 11.8 Å². The Balaban J connectivity index is 2.84. The zero-order valence-electron chi connectivity index (χ0n) is 7.42. The molecule has 0 aromatic heterocycles. The highest BCUT2D eigenvalue weighted by molar-refractivity contribution is 9.10. The Morgan fingerprint density at radius 3 is 2.85 bits per heavy atom. The van der Waals surface area contributed by atoms with Crippen LogP contribution in [0.2, 0.25) is 0 Å². The summed E-state index contributed by atoms with van der Waals surface area (Å²) in [6.45, 7) is 2.12. The monoisotopic (exact) mass is 258 g/mol. The molecule has 0 heterocycles. The van der Waals surface area contributed by atoms with Crippen LogP contribution in [0.25, 0.3) is 0 Å². The molecule has 0 fully saturated rings. The predicted octanol–water partition coefficient (Wildman–Crippen LogP) is 3.30. The van der Waals surface area contributed by atoms with Crippen LogP contribution in [0, 0.1) is 0 Å². The van der Waals surface area contributed by atoms with Gasteiger partial charge in [-0.2, -0.15) is 0 Å². The summed E-state index contributed by atoms with van der Waals surface area (Å²) in [5.41, 5.74) is 1.06. The van der Waals surface area contributed by atoms with Gasteiger partial charge in [0.1, 0.15) is 6.29 Å². The van der Waals surface area contributed by atoms with E-state index in [1.165, 1.54) is 4.90 Å². The first-order valence-electron chi connectivity index (χ1n) is 4.12. The Kier molecular flexibility index (Phi) is 4.53. The largest absolute Gasteiger partial charge is 0.303 e. The lowest BCUT2D eigenvalue weighted by atomic mass is 10.2. The molecule has 0 saturated heterocycles. The molecule has 0 radical (unpaired) electrons. The van der Waals surface area contributed by atoms with Crippen molar-refractivity contribution in [1.82, 2.24) is 0 Å². The molecule has 0 amide bonds. The molecule has 0 aliphatic heterocycles. The third-order valence-corrected chi connectivity index (χ3v) is 3.49. The number of halogens is 1. The summed E-state index contributed by atoms with van der Waals surface area (Å²) in [7, 11) is 0. The number of carbonyl (C=O) groups is 1. The average Bonchev–Trinajstić information content (AvgIpc) is 2.10. The zero-order chi connectivity index (χ0) is 9.68. The van der Waals surface area contributed by atoms with E-state index in [9.17, 15) is 4.79 Å². The first kappa shape index (κ1) is 10.8. The summed E-state index contributed by atoms with van der Waals surface area (Å²) in [5, 5.41) is 0. The van der Waals surface area contributed by atoms with Crippen LogP contribution in [0.15, 0.2) is 27.6 Å². The molecule has 1 rings (SSSR count). The molecular formula is C10H11BrOS. The predicted molar refractivity (Wildman–Crippen MR) is 60.3 cm³/mol. The second kappa shape index (κ2) is 5.45. The van der Waals surface area contributed by atoms with E-state index in [1.807, 2.05) is 12.1 Å². The van der Waals surface area contributed by atoms with Crippen LogP contribution in [-0.2, 0) is 11.2 Å². The van der Waals surface area contributed by atoms with Crippen molar-refractivity contribution in [2.45, 2.75) is 18.2 Å². The summed E-state index contributed by atoms with van der Waals surface area (Å²) in [5.74, 6) is 1.06. The second-order valence-corrected chi connectivity index (χ2v) is 4.73. The number of hydrogen-bond donors (Lipinski definition) is 0. The molecule has 3 heteroatoms. The Bertz CT molecular complexity index is 299. The quantitative estimate of drug-likeness (QED) is 0.609. The van der Waals surface area contributed by atoms with E-state index in [1.54, 1.807) is 11.8 Å². The number of benzene rings is 1. The summed E-state index contributed by atoms with van der Waals surface area (Å²) < 4.78 is 1.08. The highest BCUT2D eigenvalue weighted by atomic mass is 79.9. The Morgan fingerprint density at radius 1 is 1.54 bits per heavy atom. The van der Waals surface area contributed by atoms with Gasteiger partial charge in [0.25, 0.3) is 0 Å². The van der Waals surface area contributed by atoms with Gasteiger partial charge in [0.05, 0.1) is 0 Å². The van der Waals surface area contributed by atoms with Crippen molar-refractivity contribution in [2.24, 2.45) is 0 Å². The first-order valence-corrected chi connectivity index (χ1v) is 5.90. The summed E-state index contributed by atoms with van der Waals surface area (Å²) in [6.07, 6.45) is 1.42. The Hall–Kier alpha value is -0.280. The van der Waals surface area contributed by atoms with Crippen LogP contribution in [0.1, 0.15) is 12.5 Å². The normalized spacial score (nSPS) is 10.0. The summed E-state index contributed by atoms with van der Waals surface area (Å²) >= 11 is 5.27. The number of hydrogen-bond acceptors (Lipinski definition) is 2. The van der Waals surface area contributed by atoms with Gasteiger partial charge in [0, 0.05) is 15.8 Å². The van der Waals surface area contributed by atoms with Crippen LogP contribution >= 0.6 is 27.7 Å². The summed E-state index contributed by atoms with van der Waals surface area (Å²) in [6, 6.07) is 6.06. The van der Waals surface area contributed by atoms with Crippen LogP contribution in [0.3, 0.4) is 0 Å². The molecule has 0 bridgehead atoms. The van der Waals surface area contributed by atoms with Crippen LogP contribution < -0.4 is 0 Å². The highest BCUT2D eigenvalue weighted by Gasteiger charge is 2.00. The van der Waals surface area contributed by atoms with Gasteiger partial charge in [-0.3, -0.25) is 0 Å². The molecule has 0 aliphatic rings. The molecule has 1 aromatic rings. The van der Waals surface area contributed by atoms with Crippen molar-refractivity contribution < 1.29 is 4.79 Å². The van der Waals surface area contributed by atoms with E-state index < -0.39 is 0 Å². The van der Waals surface area contributed by atoms with Gasteiger partial charge in [-0.25, -0.2) is 0 Å². The maximum Gasteiger partial charge on any atom is 0.124 e. The lowest BCUT2D eigenvalue weighted by Crippen LogP contribution is -1.86. The molecule has 0 atom stereocenters. The number of rotatable bonds is 4. The highest BCUT2D eigenvalue weighted by Crippen LogP contribution is 2.28. The summed E-state index contributed by atoms with van der Waals surface area (Å²) in [4.78, 5) is 11.5. The van der Waals surface area contributed by atoms with Gasteiger partial charge in [0.15, 0.2) is 0 Å². The minimum atomic E-state index is 0.496. The van der Waals surface area contributed by atoms with Gasteiger partial charge in [-0.1, -0.05) is 13.0 Å². The maximum absolute atomic E-state index is 10.3. The first-order chi connectivity index (χ1) is 6.27. The van der Waals surface area contributed by atoms with Crippen molar-refractivity contribution in [3.8, 4) is 0 Å². The molecule has 1 nitrogen and oxygen atoms in total. The van der Waals surface area contributed by atoms with E-state index in [4.69, 9.17) is 0 Å². The minimum absolute atomic E-state index is 0.496. The molecule has 0 saturated carbocycles. The van der Waals surface area contributed by atoms with Crippen LogP contribution in [0.4, 0.5) is 0 Å². The third kappa shape index (κ3) is 3.16. The molecule has 0 spiro atoms.